The predicted octanol–water partition coefficient (Wildman–Crippen LogP) is 6.97. The van der Waals surface area contributed by atoms with Gasteiger partial charge in [0.25, 0.3) is 0 Å². The van der Waals surface area contributed by atoms with Gasteiger partial charge in [-0.2, -0.15) is 0 Å². The van der Waals surface area contributed by atoms with Crippen LogP contribution in [0.1, 0.15) is 65.4 Å². The molecule has 0 bridgehead atoms. The van der Waals surface area contributed by atoms with E-state index in [1.807, 2.05) is 11.8 Å². The van der Waals surface area contributed by atoms with E-state index in [0.717, 1.165) is 23.5 Å². The lowest BCUT2D eigenvalue weighted by atomic mass is 9.47. The molecule has 2 aliphatic carbocycles. The van der Waals surface area contributed by atoms with Gasteiger partial charge in [0.15, 0.2) is 0 Å². The molecule has 2 aliphatic rings. The van der Waals surface area contributed by atoms with Crippen molar-refractivity contribution in [1.82, 2.24) is 0 Å². The highest BCUT2D eigenvalue weighted by atomic mass is 32.2. The van der Waals surface area contributed by atoms with Crippen molar-refractivity contribution in [3.8, 4) is 5.75 Å². The lowest BCUT2D eigenvalue weighted by Crippen LogP contribution is -2.51. The van der Waals surface area contributed by atoms with E-state index in [2.05, 4.69) is 52.8 Å². The van der Waals surface area contributed by atoms with Crippen LogP contribution in [-0.4, -0.2) is 12.9 Å². The number of ether oxygens (including phenoxy) is 1. The highest BCUT2D eigenvalue weighted by Crippen LogP contribution is 2.61. The molecule has 0 heterocycles. The van der Waals surface area contributed by atoms with E-state index in [0.29, 0.717) is 10.8 Å². The van der Waals surface area contributed by atoms with Crippen molar-refractivity contribution >= 4 is 11.8 Å². The number of methoxy groups -OCH3 is 1. The Morgan fingerprint density at radius 3 is 2.60 bits per heavy atom. The summed E-state index contributed by atoms with van der Waals surface area (Å²) in [7, 11) is 1.77. The normalized spacial score (nSPS) is 34.4. The van der Waals surface area contributed by atoms with E-state index in [1.54, 1.807) is 7.11 Å². The number of hydrogen-bond acceptors (Lipinski definition) is 2. The van der Waals surface area contributed by atoms with Gasteiger partial charge in [0.05, 0.1) is 7.11 Å². The zero-order valence-corrected chi connectivity index (χ0v) is 17.8. The Hall–Kier alpha value is -0.630. The van der Waals surface area contributed by atoms with E-state index >= 15 is 0 Å². The molecule has 3 rings (SSSR count). The third-order valence-electron chi connectivity index (χ3n) is 7.41. The average molecular weight is 361 g/mol. The molecule has 0 aliphatic heterocycles. The third kappa shape index (κ3) is 3.75. The quantitative estimate of drug-likeness (QED) is 0.536. The zero-order chi connectivity index (χ0) is 18.2. The average Bonchev–Trinajstić information content (AvgIpc) is 2.52. The highest BCUT2D eigenvalue weighted by Gasteiger charge is 2.53. The molecule has 2 fully saturated rings. The van der Waals surface area contributed by atoms with Crippen LogP contribution in [0.5, 0.6) is 5.75 Å². The summed E-state index contributed by atoms with van der Waals surface area (Å²) in [5, 5.41) is 0. The maximum atomic E-state index is 5.47. The fraction of sp³-hybridized carbons (Fsp3) is 0.739. The first-order chi connectivity index (χ1) is 11.8. The number of aryl methyl sites for hydroxylation is 1. The van der Waals surface area contributed by atoms with Crippen molar-refractivity contribution in [2.45, 2.75) is 71.6 Å². The molecule has 0 spiro atoms. The number of fused-ring (bicyclic) bond motifs is 1. The van der Waals surface area contributed by atoms with Gasteiger partial charge in [0.2, 0.25) is 0 Å². The molecule has 140 valence electrons. The van der Waals surface area contributed by atoms with Crippen LogP contribution in [0.15, 0.2) is 23.1 Å². The molecule has 2 saturated carbocycles. The summed E-state index contributed by atoms with van der Waals surface area (Å²) in [4.78, 5) is 1.37. The maximum absolute atomic E-state index is 5.47. The van der Waals surface area contributed by atoms with Gasteiger partial charge >= 0.3 is 0 Å². The molecule has 0 aromatic heterocycles. The molecular formula is C23H36OS. The third-order valence-corrected chi connectivity index (χ3v) is 8.51. The number of benzene rings is 1. The van der Waals surface area contributed by atoms with Crippen molar-refractivity contribution in [3.63, 3.8) is 0 Å². The van der Waals surface area contributed by atoms with Gasteiger partial charge in [-0.25, -0.2) is 0 Å². The summed E-state index contributed by atoms with van der Waals surface area (Å²) in [6.45, 7) is 12.3. The summed E-state index contributed by atoms with van der Waals surface area (Å²) >= 11 is 2.05. The Labute approximate surface area is 159 Å². The van der Waals surface area contributed by atoms with Crippen molar-refractivity contribution in [2.24, 2.45) is 28.6 Å². The molecule has 4 atom stereocenters. The lowest BCUT2D eigenvalue weighted by Gasteiger charge is -2.59. The van der Waals surface area contributed by atoms with Crippen LogP contribution >= 0.6 is 11.8 Å². The second-order valence-corrected chi connectivity index (χ2v) is 10.7. The summed E-state index contributed by atoms with van der Waals surface area (Å²) in [5.74, 6) is 4.79. The molecular weight excluding hydrogens is 324 g/mol. The zero-order valence-electron chi connectivity index (χ0n) is 17.0. The van der Waals surface area contributed by atoms with Crippen LogP contribution in [0, 0.1) is 35.5 Å². The first kappa shape index (κ1) is 19.1. The number of rotatable bonds is 4. The van der Waals surface area contributed by atoms with E-state index in [4.69, 9.17) is 4.74 Å². The Morgan fingerprint density at radius 1 is 1.12 bits per heavy atom. The van der Waals surface area contributed by atoms with Crippen molar-refractivity contribution in [2.75, 3.05) is 12.9 Å². The Kier molecular flexibility index (Phi) is 5.49. The SMILES string of the molecule is COc1cc(C)cc(SCC2C(C)CCC3C(C)(C)CCCC23C)c1. The predicted molar refractivity (Wildman–Crippen MR) is 110 cm³/mol. The highest BCUT2D eigenvalue weighted by molar-refractivity contribution is 7.99. The summed E-state index contributed by atoms with van der Waals surface area (Å²) < 4.78 is 5.47. The van der Waals surface area contributed by atoms with Crippen LogP contribution in [0.4, 0.5) is 0 Å². The fourth-order valence-electron chi connectivity index (χ4n) is 6.07. The first-order valence-corrected chi connectivity index (χ1v) is 11.0. The topological polar surface area (TPSA) is 9.23 Å². The molecule has 25 heavy (non-hydrogen) atoms. The summed E-state index contributed by atoms with van der Waals surface area (Å²) in [5.41, 5.74) is 2.32. The van der Waals surface area contributed by atoms with Gasteiger partial charge in [0, 0.05) is 10.6 Å². The monoisotopic (exact) mass is 360 g/mol. The van der Waals surface area contributed by atoms with Gasteiger partial charge in [-0.3, -0.25) is 0 Å². The van der Waals surface area contributed by atoms with Crippen molar-refractivity contribution < 1.29 is 4.74 Å². The standard InChI is InChI=1S/C23H36OS/c1-16-12-18(24-6)14-19(13-16)25-15-20-17(2)8-9-21-22(3,4)10-7-11-23(20,21)5/h12-14,17,20-21H,7-11,15H2,1-6H3. The van der Waals surface area contributed by atoms with Crippen molar-refractivity contribution in [3.05, 3.63) is 23.8 Å². The second-order valence-electron chi connectivity index (χ2n) is 9.56. The minimum absolute atomic E-state index is 0.514. The molecule has 1 aromatic rings. The molecule has 1 aromatic carbocycles. The summed E-state index contributed by atoms with van der Waals surface area (Å²) in [6, 6.07) is 6.63. The minimum Gasteiger partial charge on any atom is -0.497 e. The molecule has 0 saturated heterocycles. The fourth-order valence-corrected chi connectivity index (χ4v) is 7.62. The smallest absolute Gasteiger partial charge is 0.120 e. The van der Waals surface area contributed by atoms with Gasteiger partial charge in [-0.05, 0) is 78.5 Å². The van der Waals surface area contributed by atoms with Crippen LogP contribution in [-0.2, 0) is 0 Å². The maximum Gasteiger partial charge on any atom is 0.120 e. The molecule has 2 heteroatoms. The largest absolute Gasteiger partial charge is 0.497 e. The Morgan fingerprint density at radius 2 is 1.88 bits per heavy atom. The van der Waals surface area contributed by atoms with Gasteiger partial charge in [-0.15, -0.1) is 11.8 Å². The van der Waals surface area contributed by atoms with Crippen molar-refractivity contribution in [1.29, 1.82) is 0 Å². The van der Waals surface area contributed by atoms with Crippen LogP contribution < -0.4 is 4.74 Å². The molecule has 0 N–H and O–H groups in total. The summed E-state index contributed by atoms with van der Waals surface area (Å²) in [6.07, 6.45) is 7.09. The second kappa shape index (κ2) is 7.18. The van der Waals surface area contributed by atoms with Crippen LogP contribution in [0.3, 0.4) is 0 Å². The van der Waals surface area contributed by atoms with Gasteiger partial charge < -0.3 is 4.74 Å². The van der Waals surface area contributed by atoms with Gasteiger partial charge in [-0.1, -0.05) is 40.5 Å². The van der Waals surface area contributed by atoms with E-state index in [-0.39, 0.29) is 0 Å². The van der Waals surface area contributed by atoms with Crippen LogP contribution in [0.25, 0.3) is 0 Å². The first-order valence-electron chi connectivity index (χ1n) is 10.0. The molecule has 0 amide bonds. The molecule has 1 nitrogen and oxygen atoms in total. The number of hydrogen-bond donors (Lipinski definition) is 0. The Balaban J connectivity index is 1.79. The Bertz CT molecular complexity index is 608. The number of thioether (sulfide) groups is 1. The van der Waals surface area contributed by atoms with E-state index in [1.165, 1.54) is 48.3 Å². The van der Waals surface area contributed by atoms with Crippen LogP contribution in [0.2, 0.25) is 0 Å². The van der Waals surface area contributed by atoms with Gasteiger partial charge in [0.1, 0.15) is 5.75 Å². The minimum atomic E-state index is 0.514. The molecule has 0 radical (unpaired) electrons. The lowest BCUT2D eigenvalue weighted by molar-refractivity contribution is -0.0850. The van der Waals surface area contributed by atoms with E-state index in [9.17, 15) is 0 Å². The van der Waals surface area contributed by atoms with E-state index < -0.39 is 0 Å². The molecule has 4 unspecified atom stereocenters.